The number of nitrogens with one attached hydrogen (secondary N) is 1. The maximum Gasteiger partial charge on any atom is 0.230 e. The van der Waals surface area contributed by atoms with Crippen LogP contribution in [0.4, 0.5) is 0 Å². The summed E-state index contributed by atoms with van der Waals surface area (Å²) in [5, 5.41) is 6.74. The molecule has 0 saturated carbocycles. The summed E-state index contributed by atoms with van der Waals surface area (Å²) in [6.07, 6.45) is 1.74. The van der Waals surface area contributed by atoms with Crippen molar-refractivity contribution >= 4 is 11.8 Å². The first kappa shape index (κ1) is 11.8. The molecule has 0 aliphatic carbocycles. The molecule has 5 heteroatoms. The van der Waals surface area contributed by atoms with Crippen LogP contribution in [0.5, 0.6) is 0 Å². The van der Waals surface area contributed by atoms with Crippen molar-refractivity contribution in [2.75, 3.05) is 0 Å². The number of rotatable bonds is 3. The molecule has 1 N–H and O–H groups in total. The average Bonchev–Trinajstić information content (AvgIpc) is 2.63. The molecule has 0 aromatic carbocycles. The lowest BCUT2D eigenvalue weighted by Gasteiger charge is -2.20. The highest BCUT2D eigenvalue weighted by molar-refractivity contribution is 5.98. The Bertz CT molecular complexity index is 451. The molecule has 1 unspecified atom stereocenters. The van der Waals surface area contributed by atoms with Crippen molar-refractivity contribution < 1.29 is 9.59 Å². The van der Waals surface area contributed by atoms with E-state index in [1.54, 1.807) is 0 Å². The third kappa shape index (κ3) is 2.54. The van der Waals surface area contributed by atoms with Crippen LogP contribution < -0.4 is 5.32 Å². The third-order valence-corrected chi connectivity index (χ3v) is 3.09. The van der Waals surface area contributed by atoms with E-state index in [0.717, 1.165) is 17.9 Å². The van der Waals surface area contributed by atoms with Crippen LogP contribution in [0, 0.1) is 12.8 Å². The molecule has 0 radical (unpaired) electrons. The topological polar surface area (TPSA) is 64.0 Å². The summed E-state index contributed by atoms with van der Waals surface area (Å²) in [7, 11) is 0. The fourth-order valence-corrected chi connectivity index (χ4v) is 2.22. The van der Waals surface area contributed by atoms with Crippen LogP contribution in [0.25, 0.3) is 0 Å². The lowest BCUT2D eigenvalue weighted by molar-refractivity contribution is -0.136. The van der Waals surface area contributed by atoms with Gasteiger partial charge in [0.05, 0.1) is 5.69 Å². The van der Waals surface area contributed by atoms with Gasteiger partial charge in [-0.1, -0.05) is 0 Å². The van der Waals surface area contributed by atoms with Gasteiger partial charge in [0.1, 0.15) is 0 Å². The van der Waals surface area contributed by atoms with Crippen LogP contribution in [0.15, 0.2) is 6.07 Å². The second-order valence-electron chi connectivity index (χ2n) is 4.44. The number of nitrogens with zero attached hydrogens (tertiary/aromatic N) is 2. The van der Waals surface area contributed by atoms with Crippen molar-refractivity contribution in [1.82, 2.24) is 15.1 Å². The molecule has 2 rings (SSSR count). The van der Waals surface area contributed by atoms with Crippen molar-refractivity contribution in [3.05, 3.63) is 17.5 Å². The lowest BCUT2D eigenvalue weighted by atomic mass is 9.93. The lowest BCUT2D eigenvalue weighted by Crippen LogP contribution is -2.41. The maximum atomic E-state index is 11.7. The number of aromatic nitrogens is 2. The predicted molar refractivity (Wildman–Crippen MR) is 62.2 cm³/mol. The molecular weight excluding hydrogens is 218 g/mol. The zero-order valence-corrected chi connectivity index (χ0v) is 10.2. The first-order valence-electron chi connectivity index (χ1n) is 5.97. The van der Waals surface area contributed by atoms with E-state index in [-0.39, 0.29) is 17.7 Å². The van der Waals surface area contributed by atoms with Gasteiger partial charge >= 0.3 is 0 Å². The molecule has 0 bridgehead atoms. The van der Waals surface area contributed by atoms with Crippen LogP contribution >= 0.6 is 0 Å². The molecule has 92 valence electrons. The quantitative estimate of drug-likeness (QED) is 0.788. The second kappa shape index (κ2) is 4.69. The Morgan fingerprint density at radius 3 is 2.94 bits per heavy atom. The largest absolute Gasteiger partial charge is 0.296 e. The summed E-state index contributed by atoms with van der Waals surface area (Å²) in [5.74, 6) is -0.414. The smallest absolute Gasteiger partial charge is 0.230 e. The molecule has 1 aliphatic rings. The molecule has 2 amide bonds. The number of amides is 2. The van der Waals surface area contributed by atoms with Crippen molar-refractivity contribution in [3.63, 3.8) is 0 Å². The van der Waals surface area contributed by atoms with Crippen LogP contribution in [0.2, 0.25) is 0 Å². The van der Waals surface area contributed by atoms with E-state index < -0.39 is 0 Å². The predicted octanol–water partition coefficient (Wildman–Crippen LogP) is 0.807. The second-order valence-corrected chi connectivity index (χ2v) is 4.44. The summed E-state index contributed by atoms with van der Waals surface area (Å²) in [5.41, 5.74) is 2.04. The number of carbonyl (C=O) groups excluding carboxylic acids is 2. The minimum atomic E-state index is -0.161. The van der Waals surface area contributed by atoms with E-state index in [2.05, 4.69) is 10.4 Å². The van der Waals surface area contributed by atoms with Crippen LogP contribution in [-0.4, -0.2) is 21.6 Å². The molecule has 2 heterocycles. The molecule has 5 nitrogen and oxygen atoms in total. The molecule has 0 spiro atoms. The number of hydrogen-bond acceptors (Lipinski definition) is 3. The highest BCUT2D eigenvalue weighted by Crippen LogP contribution is 2.18. The number of piperidine rings is 1. The van der Waals surface area contributed by atoms with E-state index in [4.69, 9.17) is 0 Å². The number of carbonyl (C=O) groups is 2. The zero-order valence-electron chi connectivity index (χ0n) is 10.2. The normalized spacial score (nSPS) is 20.5. The highest BCUT2D eigenvalue weighted by Gasteiger charge is 2.27. The van der Waals surface area contributed by atoms with E-state index >= 15 is 0 Å². The van der Waals surface area contributed by atoms with Crippen molar-refractivity contribution in [1.29, 1.82) is 0 Å². The Kier molecular flexibility index (Phi) is 3.26. The van der Waals surface area contributed by atoms with Crippen molar-refractivity contribution in [2.45, 2.75) is 39.7 Å². The Labute approximate surface area is 100 Å². The molecule has 1 aromatic heterocycles. The van der Waals surface area contributed by atoms with Gasteiger partial charge in [-0.15, -0.1) is 0 Å². The Hall–Kier alpha value is -1.65. The van der Waals surface area contributed by atoms with Gasteiger partial charge in [-0.05, 0) is 26.3 Å². The minimum Gasteiger partial charge on any atom is -0.296 e. The van der Waals surface area contributed by atoms with Gasteiger partial charge in [0.2, 0.25) is 11.8 Å². The first-order chi connectivity index (χ1) is 8.10. The monoisotopic (exact) mass is 235 g/mol. The third-order valence-electron chi connectivity index (χ3n) is 3.09. The standard InChI is InChI=1S/C12H17N3O2/c1-3-15-10(6-8(2)14-15)7-9-4-5-11(16)13-12(9)17/h6,9H,3-5,7H2,1-2H3,(H,13,16,17). The van der Waals surface area contributed by atoms with E-state index in [1.165, 1.54) is 0 Å². The number of hydrogen-bond donors (Lipinski definition) is 1. The van der Waals surface area contributed by atoms with Crippen molar-refractivity contribution in [3.8, 4) is 0 Å². The zero-order chi connectivity index (χ0) is 12.4. The summed E-state index contributed by atoms with van der Waals surface area (Å²) in [6.45, 7) is 4.77. The first-order valence-corrected chi connectivity index (χ1v) is 5.97. The Morgan fingerprint density at radius 1 is 1.53 bits per heavy atom. The van der Waals surface area contributed by atoms with E-state index in [9.17, 15) is 9.59 Å². The SMILES string of the molecule is CCn1nc(C)cc1CC1CCC(=O)NC1=O. The van der Waals surface area contributed by atoms with Gasteiger partial charge in [-0.3, -0.25) is 19.6 Å². The molecule has 17 heavy (non-hydrogen) atoms. The Morgan fingerprint density at radius 2 is 2.29 bits per heavy atom. The maximum absolute atomic E-state index is 11.7. The highest BCUT2D eigenvalue weighted by atomic mass is 16.2. The molecular formula is C12H17N3O2. The molecule has 1 saturated heterocycles. The van der Waals surface area contributed by atoms with Gasteiger partial charge in [-0.25, -0.2) is 0 Å². The molecule has 1 aliphatic heterocycles. The number of aryl methyl sites for hydroxylation is 2. The van der Waals surface area contributed by atoms with Gasteiger partial charge < -0.3 is 0 Å². The van der Waals surface area contributed by atoms with E-state index in [0.29, 0.717) is 19.3 Å². The number of imide groups is 1. The van der Waals surface area contributed by atoms with Crippen LogP contribution in [-0.2, 0) is 22.6 Å². The van der Waals surface area contributed by atoms with Gasteiger partial charge in [0.25, 0.3) is 0 Å². The average molecular weight is 235 g/mol. The fraction of sp³-hybridized carbons (Fsp3) is 0.583. The van der Waals surface area contributed by atoms with Crippen LogP contribution in [0.3, 0.4) is 0 Å². The summed E-state index contributed by atoms with van der Waals surface area (Å²) >= 11 is 0. The van der Waals surface area contributed by atoms with Crippen molar-refractivity contribution in [2.24, 2.45) is 5.92 Å². The summed E-state index contributed by atoms with van der Waals surface area (Å²) in [4.78, 5) is 22.7. The van der Waals surface area contributed by atoms with E-state index in [1.807, 2.05) is 24.6 Å². The molecule has 1 atom stereocenters. The van der Waals surface area contributed by atoms with Gasteiger partial charge in [-0.2, -0.15) is 5.10 Å². The van der Waals surface area contributed by atoms with Crippen LogP contribution in [0.1, 0.15) is 31.2 Å². The van der Waals surface area contributed by atoms with Gasteiger partial charge in [0, 0.05) is 31.0 Å². The Balaban J connectivity index is 2.09. The molecule has 1 aromatic rings. The summed E-state index contributed by atoms with van der Waals surface area (Å²) < 4.78 is 1.92. The van der Waals surface area contributed by atoms with Gasteiger partial charge in [0.15, 0.2) is 0 Å². The minimum absolute atomic E-state index is 0.103. The summed E-state index contributed by atoms with van der Waals surface area (Å²) in [6, 6.07) is 2.01. The fourth-order valence-electron chi connectivity index (χ4n) is 2.22. The molecule has 1 fully saturated rings.